The third-order valence-corrected chi connectivity index (χ3v) is 9.07. The Hall–Kier alpha value is -5.74. The van der Waals surface area contributed by atoms with Crippen molar-refractivity contribution in [1.29, 1.82) is 0 Å². The largest absolute Gasteiger partial charge is 0.356 e. The first-order valence-corrected chi connectivity index (χ1v) is 15.0. The van der Waals surface area contributed by atoms with Crippen molar-refractivity contribution in [2.75, 3.05) is 11.9 Å². The van der Waals surface area contributed by atoms with Gasteiger partial charge in [0.15, 0.2) is 0 Å². The van der Waals surface area contributed by atoms with Gasteiger partial charge in [0.05, 0.1) is 17.7 Å². The number of hydrogen-bond donors (Lipinski definition) is 0. The molecular weight excluding hydrogens is 536 g/mol. The quantitative estimate of drug-likeness (QED) is 0.200. The lowest BCUT2D eigenvalue weighted by Gasteiger charge is -2.30. The van der Waals surface area contributed by atoms with Crippen LogP contribution in [0.4, 0.5) is 5.69 Å². The molecule has 0 saturated heterocycles. The summed E-state index contributed by atoms with van der Waals surface area (Å²) >= 11 is 0. The minimum Gasteiger partial charge on any atom is -0.356 e. The lowest BCUT2D eigenvalue weighted by Crippen LogP contribution is -2.26. The van der Waals surface area contributed by atoms with E-state index in [0.29, 0.717) is 0 Å². The van der Waals surface area contributed by atoms with E-state index >= 15 is 0 Å². The summed E-state index contributed by atoms with van der Waals surface area (Å²) in [6.45, 7) is 0.766. The van der Waals surface area contributed by atoms with Crippen LogP contribution in [0.5, 0.6) is 0 Å². The molecule has 6 aromatic carbocycles. The molecular formula is C40H28N4. The molecule has 1 aliphatic rings. The molecule has 8 aromatic rings. The molecule has 0 aliphatic carbocycles. The number of pyridine rings is 1. The fourth-order valence-corrected chi connectivity index (χ4v) is 7.03. The average Bonchev–Trinajstić information content (AvgIpc) is 3.46. The standard InChI is InChI=1S/C40H28N4/c1-43-25-44-36-13-7-6-12-35(36)42-40(44)34-19-18-29(24-37(34)43)39-32-10-4-2-8-30(32)38(31-9-3-5-11-33(31)39)28-16-14-26(15-17-28)27-20-22-41-23-21-27/h2-24H,25H2,1H3. The second kappa shape index (κ2) is 9.65. The molecule has 0 fully saturated rings. The maximum absolute atomic E-state index is 5.04. The van der Waals surface area contributed by atoms with Gasteiger partial charge in [-0.2, -0.15) is 0 Å². The van der Waals surface area contributed by atoms with E-state index in [4.69, 9.17) is 4.98 Å². The fraction of sp³-hybridized carbons (Fsp3) is 0.0500. The zero-order valence-electron chi connectivity index (χ0n) is 24.3. The van der Waals surface area contributed by atoms with Crippen LogP contribution in [0.3, 0.4) is 0 Å². The topological polar surface area (TPSA) is 34.0 Å². The van der Waals surface area contributed by atoms with Gasteiger partial charge in [0.25, 0.3) is 0 Å². The SMILES string of the molecule is CN1Cn2c(nc3ccccc32)-c2ccc(-c3c4ccccc4c(-c4ccc(-c5ccncc5)cc4)c4ccccc34)cc21. The Kier molecular flexibility index (Phi) is 5.44. The van der Waals surface area contributed by atoms with E-state index in [9.17, 15) is 0 Å². The van der Waals surface area contributed by atoms with E-state index in [-0.39, 0.29) is 0 Å². The summed E-state index contributed by atoms with van der Waals surface area (Å²) in [7, 11) is 2.18. The van der Waals surface area contributed by atoms with Crippen LogP contribution in [0.25, 0.3) is 77.3 Å². The fourth-order valence-electron chi connectivity index (χ4n) is 7.03. The van der Waals surface area contributed by atoms with Crippen LogP contribution in [-0.2, 0) is 6.67 Å². The van der Waals surface area contributed by atoms with Crippen molar-refractivity contribution in [3.8, 4) is 44.8 Å². The summed E-state index contributed by atoms with van der Waals surface area (Å²) in [5.41, 5.74) is 11.9. The van der Waals surface area contributed by atoms with Gasteiger partial charge < -0.3 is 9.47 Å². The molecule has 3 heterocycles. The van der Waals surface area contributed by atoms with Crippen LogP contribution in [0, 0.1) is 0 Å². The highest BCUT2D eigenvalue weighted by molar-refractivity contribution is 6.21. The van der Waals surface area contributed by atoms with E-state index < -0.39 is 0 Å². The number of anilines is 1. The van der Waals surface area contributed by atoms with E-state index in [2.05, 4.69) is 149 Å². The van der Waals surface area contributed by atoms with E-state index in [1.807, 2.05) is 12.4 Å². The lowest BCUT2D eigenvalue weighted by atomic mass is 9.85. The predicted octanol–water partition coefficient (Wildman–Crippen LogP) is 9.81. The molecule has 2 aromatic heterocycles. The summed E-state index contributed by atoms with van der Waals surface area (Å²) in [5, 5.41) is 5.02. The van der Waals surface area contributed by atoms with Gasteiger partial charge in [0.2, 0.25) is 0 Å². The Bertz CT molecular complexity index is 2310. The van der Waals surface area contributed by atoms with Crippen molar-refractivity contribution in [2.45, 2.75) is 6.67 Å². The van der Waals surface area contributed by atoms with Gasteiger partial charge in [-0.15, -0.1) is 0 Å². The van der Waals surface area contributed by atoms with Crippen molar-refractivity contribution in [3.63, 3.8) is 0 Å². The molecule has 4 heteroatoms. The second-order valence-electron chi connectivity index (χ2n) is 11.6. The molecule has 0 amide bonds. The van der Waals surface area contributed by atoms with Crippen LogP contribution in [0.2, 0.25) is 0 Å². The first kappa shape index (κ1) is 24.8. The molecule has 0 spiro atoms. The Morgan fingerprint density at radius 1 is 0.545 bits per heavy atom. The summed E-state index contributed by atoms with van der Waals surface area (Å²) < 4.78 is 2.32. The highest BCUT2D eigenvalue weighted by Gasteiger charge is 2.25. The molecule has 0 saturated carbocycles. The number of aromatic nitrogens is 3. The van der Waals surface area contributed by atoms with Crippen molar-refractivity contribution >= 4 is 38.3 Å². The first-order chi connectivity index (χ1) is 21.7. The van der Waals surface area contributed by atoms with Gasteiger partial charge >= 0.3 is 0 Å². The molecule has 0 bridgehead atoms. The Labute approximate surface area is 255 Å². The summed E-state index contributed by atoms with van der Waals surface area (Å²) in [6, 6.07) is 46.1. The number of para-hydroxylation sites is 2. The monoisotopic (exact) mass is 564 g/mol. The molecule has 0 atom stereocenters. The van der Waals surface area contributed by atoms with Gasteiger partial charge in [0.1, 0.15) is 5.82 Å². The predicted molar refractivity (Wildman–Crippen MR) is 183 cm³/mol. The summed E-state index contributed by atoms with van der Waals surface area (Å²) in [4.78, 5) is 11.5. The number of hydrogen-bond acceptors (Lipinski definition) is 3. The molecule has 0 radical (unpaired) electrons. The van der Waals surface area contributed by atoms with Gasteiger partial charge in [-0.25, -0.2) is 4.98 Å². The number of rotatable bonds is 3. The maximum Gasteiger partial charge on any atom is 0.144 e. The van der Waals surface area contributed by atoms with Gasteiger partial charge in [-0.1, -0.05) is 91.0 Å². The van der Waals surface area contributed by atoms with Crippen LogP contribution in [-0.4, -0.2) is 21.6 Å². The van der Waals surface area contributed by atoms with Crippen molar-refractivity contribution in [2.24, 2.45) is 0 Å². The first-order valence-electron chi connectivity index (χ1n) is 15.0. The molecule has 208 valence electrons. The van der Waals surface area contributed by atoms with Crippen molar-refractivity contribution < 1.29 is 0 Å². The zero-order chi connectivity index (χ0) is 29.2. The van der Waals surface area contributed by atoms with Crippen LogP contribution < -0.4 is 4.90 Å². The second-order valence-corrected chi connectivity index (χ2v) is 11.6. The number of fused-ring (bicyclic) bond motifs is 7. The highest BCUT2D eigenvalue weighted by atomic mass is 15.3. The molecule has 9 rings (SSSR count). The van der Waals surface area contributed by atoms with Crippen molar-refractivity contribution in [1.82, 2.24) is 14.5 Å². The summed E-state index contributed by atoms with van der Waals surface area (Å²) in [6.07, 6.45) is 3.69. The molecule has 1 aliphatic heterocycles. The van der Waals surface area contributed by atoms with Crippen LogP contribution in [0.1, 0.15) is 0 Å². The Balaban J connectivity index is 1.25. The molecule has 4 nitrogen and oxygen atoms in total. The van der Waals surface area contributed by atoms with Crippen LogP contribution in [0.15, 0.2) is 140 Å². The van der Waals surface area contributed by atoms with Crippen molar-refractivity contribution in [3.05, 3.63) is 140 Å². The minimum atomic E-state index is 0.766. The normalized spacial score (nSPS) is 12.5. The summed E-state index contributed by atoms with van der Waals surface area (Å²) in [5.74, 6) is 1.03. The Morgan fingerprint density at radius 3 is 1.77 bits per heavy atom. The highest BCUT2D eigenvalue weighted by Crippen LogP contribution is 2.46. The van der Waals surface area contributed by atoms with E-state index in [1.54, 1.807) is 0 Å². The smallest absolute Gasteiger partial charge is 0.144 e. The molecule has 0 unspecified atom stereocenters. The maximum atomic E-state index is 5.04. The third-order valence-electron chi connectivity index (χ3n) is 9.07. The van der Waals surface area contributed by atoms with Gasteiger partial charge in [-0.05, 0) is 91.3 Å². The zero-order valence-corrected chi connectivity index (χ0v) is 24.3. The number of benzene rings is 6. The van der Waals surface area contributed by atoms with Crippen LogP contribution >= 0.6 is 0 Å². The lowest BCUT2D eigenvalue weighted by molar-refractivity contribution is 0.694. The van der Waals surface area contributed by atoms with Gasteiger partial charge in [0, 0.05) is 30.7 Å². The van der Waals surface area contributed by atoms with E-state index in [0.717, 1.165) is 18.0 Å². The number of nitrogens with zero attached hydrogens (tertiary/aromatic N) is 4. The average molecular weight is 565 g/mol. The van der Waals surface area contributed by atoms with Gasteiger partial charge in [-0.3, -0.25) is 4.98 Å². The third kappa shape index (κ3) is 3.71. The number of imidazole rings is 1. The molecule has 0 N–H and O–H groups in total. The Morgan fingerprint density at radius 2 is 1.09 bits per heavy atom. The van der Waals surface area contributed by atoms with E-state index in [1.165, 1.54) is 71.7 Å². The molecule has 44 heavy (non-hydrogen) atoms. The minimum absolute atomic E-state index is 0.766.